The molecule has 0 aliphatic carbocycles. The van der Waals surface area contributed by atoms with Gasteiger partial charge in [-0.3, -0.25) is 9.88 Å². The summed E-state index contributed by atoms with van der Waals surface area (Å²) in [5.74, 6) is 2.93. The van der Waals surface area contributed by atoms with Gasteiger partial charge in [-0.1, -0.05) is 6.92 Å². The monoisotopic (exact) mass is 282 g/mol. The van der Waals surface area contributed by atoms with Gasteiger partial charge in [0.1, 0.15) is 5.69 Å². The third-order valence-electron chi connectivity index (χ3n) is 3.43. The molecule has 1 aromatic rings. The van der Waals surface area contributed by atoms with Crippen LogP contribution >= 0.6 is 11.8 Å². The first-order valence-corrected chi connectivity index (χ1v) is 7.79. The molecule has 2 atom stereocenters. The molecule has 2 rings (SSSR count). The molecule has 2 unspecified atom stereocenters. The van der Waals surface area contributed by atoms with Crippen molar-refractivity contribution >= 4 is 11.8 Å². The van der Waals surface area contributed by atoms with E-state index in [1.165, 1.54) is 5.75 Å². The first-order valence-electron chi connectivity index (χ1n) is 6.64. The fraction of sp³-hybridized carbons (Fsp3) is 0.692. The van der Waals surface area contributed by atoms with Crippen molar-refractivity contribution in [2.75, 3.05) is 38.8 Å². The average Bonchev–Trinajstić information content (AvgIpc) is 2.46. The summed E-state index contributed by atoms with van der Waals surface area (Å²) in [7, 11) is 3.83. The molecule has 0 aromatic carbocycles. The molecule has 2 heterocycles. The highest BCUT2D eigenvalue weighted by Gasteiger charge is 2.31. The quantitative estimate of drug-likeness (QED) is 0.875. The molecule has 1 aromatic heterocycles. The Hall–Kier alpha value is -0.850. The van der Waals surface area contributed by atoms with Gasteiger partial charge in [0.15, 0.2) is 0 Å². The largest absolute Gasteiger partial charge is 0.480 e. The van der Waals surface area contributed by atoms with Gasteiger partial charge >= 0.3 is 0 Å². The molecule has 1 aliphatic heterocycles. The maximum absolute atomic E-state index is 5.36. The lowest BCUT2D eigenvalue weighted by Gasteiger charge is -2.37. The highest BCUT2D eigenvalue weighted by Crippen LogP contribution is 2.29. The molecule has 5 nitrogen and oxygen atoms in total. The Morgan fingerprint density at radius 1 is 1.53 bits per heavy atom. The minimum atomic E-state index is 0.159. The van der Waals surface area contributed by atoms with Crippen molar-refractivity contribution in [2.24, 2.45) is 0 Å². The fourth-order valence-electron chi connectivity index (χ4n) is 2.40. The maximum atomic E-state index is 5.36. The molecule has 1 N–H and O–H groups in total. The number of likely N-dealkylation sites (N-methyl/N-ethyl adjacent to an activating group) is 2. The van der Waals surface area contributed by atoms with Crippen molar-refractivity contribution in [2.45, 2.75) is 19.0 Å². The minimum Gasteiger partial charge on any atom is -0.480 e. The summed E-state index contributed by atoms with van der Waals surface area (Å²) in [4.78, 5) is 11.2. The average molecular weight is 282 g/mol. The smallest absolute Gasteiger partial charge is 0.237 e. The third-order valence-corrected chi connectivity index (χ3v) is 4.48. The van der Waals surface area contributed by atoms with Crippen LogP contribution in [-0.4, -0.2) is 59.7 Å². The molecule has 19 heavy (non-hydrogen) atoms. The van der Waals surface area contributed by atoms with Gasteiger partial charge in [-0.05, 0) is 13.6 Å². The summed E-state index contributed by atoms with van der Waals surface area (Å²) >= 11 is 2.00. The normalized spacial score (nSPS) is 22.2. The van der Waals surface area contributed by atoms with E-state index in [0.29, 0.717) is 11.9 Å². The van der Waals surface area contributed by atoms with E-state index >= 15 is 0 Å². The molecule has 0 spiro atoms. The van der Waals surface area contributed by atoms with E-state index in [-0.39, 0.29) is 6.04 Å². The topological polar surface area (TPSA) is 50.3 Å². The van der Waals surface area contributed by atoms with Crippen LogP contribution < -0.4 is 10.1 Å². The van der Waals surface area contributed by atoms with Gasteiger partial charge < -0.3 is 10.1 Å². The van der Waals surface area contributed by atoms with Gasteiger partial charge in [-0.25, -0.2) is 4.98 Å². The van der Waals surface area contributed by atoms with E-state index in [1.807, 2.05) is 11.8 Å². The van der Waals surface area contributed by atoms with E-state index < -0.39 is 0 Å². The Balaban J connectivity index is 2.27. The van der Waals surface area contributed by atoms with Crippen LogP contribution in [0.2, 0.25) is 0 Å². The van der Waals surface area contributed by atoms with Crippen molar-refractivity contribution in [1.82, 2.24) is 20.2 Å². The lowest BCUT2D eigenvalue weighted by molar-refractivity contribution is 0.211. The molecule has 0 saturated carbocycles. The lowest BCUT2D eigenvalue weighted by atomic mass is 10.0. The van der Waals surface area contributed by atoms with Gasteiger partial charge in [-0.15, -0.1) is 0 Å². The number of nitrogens with zero attached hydrogens (tertiary/aromatic N) is 3. The Bertz CT molecular complexity index is 404. The zero-order valence-electron chi connectivity index (χ0n) is 11.8. The van der Waals surface area contributed by atoms with Crippen molar-refractivity contribution in [1.29, 1.82) is 0 Å². The molecule has 1 saturated heterocycles. The number of nitrogens with one attached hydrogen (secondary N) is 1. The van der Waals surface area contributed by atoms with E-state index in [4.69, 9.17) is 4.74 Å². The number of hydrogen-bond acceptors (Lipinski definition) is 6. The molecule has 1 fully saturated rings. The number of aromatic nitrogens is 2. The van der Waals surface area contributed by atoms with Gasteiger partial charge in [0.05, 0.1) is 13.2 Å². The second kappa shape index (κ2) is 7.07. The number of thioether (sulfide) groups is 1. The summed E-state index contributed by atoms with van der Waals surface area (Å²) in [6, 6.07) is 0.579. The highest BCUT2D eigenvalue weighted by atomic mass is 32.2. The Morgan fingerprint density at radius 2 is 2.32 bits per heavy atom. The lowest BCUT2D eigenvalue weighted by Crippen LogP contribution is -2.48. The van der Waals surface area contributed by atoms with E-state index in [1.54, 1.807) is 19.5 Å². The molecule has 106 valence electrons. The predicted octanol–water partition coefficient (Wildman–Crippen LogP) is 1.18. The highest BCUT2D eigenvalue weighted by molar-refractivity contribution is 7.99. The van der Waals surface area contributed by atoms with Gasteiger partial charge in [0, 0.05) is 36.5 Å². The second-order valence-corrected chi connectivity index (χ2v) is 5.76. The van der Waals surface area contributed by atoms with E-state index in [0.717, 1.165) is 24.5 Å². The number of rotatable bonds is 5. The summed E-state index contributed by atoms with van der Waals surface area (Å²) in [6.45, 7) is 4.13. The van der Waals surface area contributed by atoms with E-state index in [2.05, 4.69) is 34.2 Å². The van der Waals surface area contributed by atoms with Crippen molar-refractivity contribution in [3.8, 4) is 5.88 Å². The van der Waals surface area contributed by atoms with Crippen LogP contribution in [0.5, 0.6) is 5.88 Å². The summed E-state index contributed by atoms with van der Waals surface area (Å²) in [5, 5.41) is 3.54. The van der Waals surface area contributed by atoms with Crippen molar-refractivity contribution in [3.05, 3.63) is 18.1 Å². The number of ether oxygens (including phenoxy) is 1. The zero-order chi connectivity index (χ0) is 13.7. The Morgan fingerprint density at radius 3 is 3.00 bits per heavy atom. The maximum Gasteiger partial charge on any atom is 0.237 e. The minimum absolute atomic E-state index is 0.159. The molecule has 6 heteroatoms. The van der Waals surface area contributed by atoms with Crippen LogP contribution in [0.25, 0.3) is 0 Å². The van der Waals surface area contributed by atoms with Crippen LogP contribution in [0.15, 0.2) is 12.4 Å². The van der Waals surface area contributed by atoms with Crippen LogP contribution in [0.4, 0.5) is 0 Å². The summed E-state index contributed by atoms with van der Waals surface area (Å²) < 4.78 is 5.36. The van der Waals surface area contributed by atoms with Crippen LogP contribution in [0, 0.1) is 0 Å². The Kier molecular flexibility index (Phi) is 5.42. The SMILES string of the molecule is CCNC(c1nccnc1OC)C1CSCCN1C. The molecular weight excluding hydrogens is 260 g/mol. The van der Waals surface area contributed by atoms with Crippen LogP contribution in [0.1, 0.15) is 18.7 Å². The first-order chi connectivity index (χ1) is 9.27. The van der Waals surface area contributed by atoms with Crippen LogP contribution in [0.3, 0.4) is 0 Å². The standard InChI is InChI=1S/C13H22N4OS/c1-4-14-11(10-9-19-8-7-17(10)2)12-13(18-3)16-6-5-15-12/h5-6,10-11,14H,4,7-9H2,1-3H3. The number of hydrogen-bond donors (Lipinski definition) is 1. The molecule has 0 bridgehead atoms. The molecule has 0 radical (unpaired) electrons. The third kappa shape index (κ3) is 3.38. The van der Waals surface area contributed by atoms with Gasteiger partial charge in [0.25, 0.3) is 0 Å². The molecular formula is C13H22N4OS. The predicted molar refractivity (Wildman–Crippen MR) is 78.7 cm³/mol. The first kappa shape index (κ1) is 14.6. The number of methoxy groups -OCH3 is 1. The van der Waals surface area contributed by atoms with Crippen LogP contribution in [-0.2, 0) is 0 Å². The summed E-state index contributed by atoms with van der Waals surface area (Å²) in [6.07, 6.45) is 3.41. The molecule has 0 amide bonds. The Labute approximate surface area is 119 Å². The summed E-state index contributed by atoms with van der Waals surface area (Å²) in [5.41, 5.74) is 0.909. The second-order valence-electron chi connectivity index (χ2n) is 4.61. The van der Waals surface area contributed by atoms with E-state index in [9.17, 15) is 0 Å². The van der Waals surface area contributed by atoms with Gasteiger partial charge in [0.2, 0.25) is 5.88 Å². The van der Waals surface area contributed by atoms with Crippen molar-refractivity contribution < 1.29 is 4.74 Å². The molecule has 1 aliphatic rings. The van der Waals surface area contributed by atoms with Crippen molar-refractivity contribution in [3.63, 3.8) is 0 Å². The van der Waals surface area contributed by atoms with Gasteiger partial charge in [-0.2, -0.15) is 11.8 Å². The zero-order valence-corrected chi connectivity index (χ0v) is 12.6. The fourth-order valence-corrected chi connectivity index (χ4v) is 3.67.